The molecule has 1 aliphatic rings. The van der Waals surface area contributed by atoms with Crippen LogP contribution in [0.5, 0.6) is 5.75 Å². The van der Waals surface area contributed by atoms with Gasteiger partial charge >= 0.3 is 0 Å². The molecule has 0 aliphatic carbocycles. The Bertz CT molecular complexity index is 584. The van der Waals surface area contributed by atoms with E-state index in [2.05, 4.69) is 48.6 Å². The van der Waals surface area contributed by atoms with Gasteiger partial charge in [-0.15, -0.1) is 11.8 Å². The normalized spacial score (nSPS) is 23.5. The molecule has 1 saturated heterocycles. The van der Waals surface area contributed by atoms with E-state index in [0.29, 0.717) is 10.6 Å². The first-order valence-corrected chi connectivity index (χ1v) is 7.68. The van der Waals surface area contributed by atoms with Gasteiger partial charge in [-0.1, -0.05) is 37.3 Å². The molecule has 2 aromatic carbocycles. The van der Waals surface area contributed by atoms with Crippen molar-refractivity contribution in [3.63, 3.8) is 0 Å². The number of ether oxygens (including phenoxy) is 1. The van der Waals surface area contributed by atoms with E-state index in [-0.39, 0.29) is 0 Å². The van der Waals surface area contributed by atoms with E-state index in [0.717, 1.165) is 12.3 Å². The van der Waals surface area contributed by atoms with E-state index in [1.165, 1.54) is 22.8 Å². The number of hydrogen-bond acceptors (Lipinski definition) is 3. The molecule has 0 amide bonds. The first-order chi connectivity index (χ1) is 9.29. The van der Waals surface area contributed by atoms with Gasteiger partial charge in [0.25, 0.3) is 0 Å². The molecule has 0 saturated carbocycles. The van der Waals surface area contributed by atoms with Crippen molar-refractivity contribution in [3.05, 3.63) is 42.0 Å². The van der Waals surface area contributed by atoms with Crippen molar-refractivity contribution in [2.75, 3.05) is 13.7 Å². The summed E-state index contributed by atoms with van der Waals surface area (Å²) in [4.78, 5) is 0. The molecule has 0 spiro atoms. The van der Waals surface area contributed by atoms with Crippen molar-refractivity contribution in [1.82, 2.24) is 5.32 Å². The molecule has 100 valence electrons. The lowest BCUT2D eigenvalue weighted by atomic mass is 10.0. The summed E-state index contributed by atoms with van der Waals surface area (Å²) in [6.45, 7) is 3.41. The van der Waals surface area contributed by atoms with Crippen molar-refractivity contribution in [2.45, 2.75) is 24.0 Å². The van der Waals surface area contributed by atoms with Gasteiger partial charge in [-0.25, -0.2) is 0 Å². The molecule has 1 aliphatic heterocycles. The zero-order valence-corrected chi connectivity index (χ0v) is 12.2. The number of methoxy groups -OCH3 is 1. The van der Waals surface area contributed by atoms with Gasteiger partial charge in [0.15, 0.2) is 0 Å². The van der Waals surface area contributed by atoms with Crippen LogP contribution in [0.1, 0.15) is 24.3 Å². The van der Waals surface area contributed by atoms with E-state index < -0.39 is 0 Å². The van der Waals surface area contributed by atoms with Crippen molar-refractivity contribution in [2.24, 2.45) is 0 Å². The number of rotatable bonds is 2. The minimum absolute atomic E-state index is 0.388. The van der Waals surface area contributed by atoms with Gasteiger partial charge in [0, 0.05) is 10.6 Å². The second-order valence-electron chi connectivity index (χ2n) is 4.97. The van der Waals surface area contributed by atoms with E-state index >= 15 is 0 Å². The van der Waals surface area contributed by atoms with E-state index in [9.17, 15) is 0 Å². The summed E-state index contributed by atoms with van der Waals surface area (Å²) < 4.78 is 5.46. The lowest BCUT2D eigenvalue weighted by Crippen LogP contribution is -2.28. The molecule has 19 heavy (non-hydrogen) atoms. The topological polar surface area (TPSA) is 21.3 Å². The van der Waals surface area contributed by atoms with Crippen LogP contribution in [0.15, 0.2) is 36.4 Å². The average molecular weight is 273 g/mol. The Hall–Kier alpha value is -1.19. The Kier molecular flexibility index (Phi) is 3.67. The third-order valence-corrected chi connectivity index (χ3v) is 5.06. The van der Waals surface area contributed by atoms with Crippen LogP contribution >= 0.6 is 11.8 Å². The third-order valence-electron chi connectivity index (χ3n) is 3.67. The number of fused-ring (bicyclic) bond motifs is 1. The highest BCUT2D eigenvalue weighted by Crippen LogP contribution is 2.39. The fraction of sp³-hybridized carbons (Fsp3) is 0.375. The highest BCUT2D eigenvalue weighted by Gasteiger charge is 2.22. The zero-order chi connectivity index (χ0) is 13.2. The van der Waals surface area contributed by atoms with Gasteiger partial charge in [0.1, 0.15) is 5.75 Å². The lowest BCUT2D eigenvalue weighted by Gasteiger charge is -2.29. The van der Waals surface area contributed by atoms with Crippen LogP contribution in [-0.2, 0) is 0 Å². The molecule has 2 atom stereocenters. The zero-order valence-electron chi connectivity index (χ0n) is 11.3. The number of benzene rings is 2. The summed E-state index contributed by atoms with van der Waals surface area (Å²) in [6, 6.07) is 12.8. The summed E-state index contributed by atoms with van der Waals surface area (Å²) in [7, 11) is 1.73. The molecule has 1 heterocycles. The maximum atomic E-state index is 5.46. The van der Waals surface area contributed by atoms with Crippen LogP contribution < -0.4 is 10.1 Å². The molecular formula is C16H19NOS. The molecule has 1 fully saturated rings. The first kappa shape index (κ1) is 12.8. The predicted octanol–water partition coefficient (Wildman–Crippen LogP) is 3.96. The largest absolute Gasteiger partial charge is 0.496 e. The molecular weight excluding hydrogens is 254 g/mol. The Balaban J connectivity index is 2.09. The second kappa shape index (κ2) is 5.43. The fourth-order valence-corrected chi connectivity index (χ4v) is 3.94. The van der Waals surface area contributed by atoms with Crippen LogP contribution in [0, 0.1) is 0 Å². The summed E-state index contributed by atoms with van der Waals surface area (Å²) in [5.41, 5.74) is 1.37. The van der Waals surface area contributed by atoms with Gasteiger partial charge in [-0.2, -0.15) is 0 Å². The Labute approximate surface area is 118 Å². The van der Waals surface area contributed by atoms with Crippen molar-refractivity contribution in [3.8, 4) is 5.75 Å². The van der Waals surface area contributed by atoms with Crippen molar-refractivity contribution < 1.29 is 4.74 Å². The molecule has 0 bridgehead atoms. The maximum Gasteiger partial charge on any atom is 0.126 e. The Morgan fingerprint density at radius 2 is 1.95 bits per heavy atom. The molecule has 3 rings (SSSR count). The summed E-state index contributed by atoms with van der Waals surface area (Å²) in [5.74, 6) is 0.952. The minimum atomic E-state index is 0.388. The van der Waals surface area contributed by atoms with Gasteiger partial charge in [0.05, 0.1) is 12.5 Å². The molecule has 1 N–H and O–H groups in total. The first-order valence-electron chi connectivity index (χ1n) is 6.74. The van der Waals surface area contributed by atoms with Gasteiger partial charge in [-0.3, -0.25) is 0 Å². The second-order valence-corrected chi connectivity index (χ2v) is 6.52. The van der Waals surface area contributed by atoms with Crippen molar-refractivity contribution in [1.29, 1.82) is 0 Å². The van der Waals surface area contributed by atoms with Crippen LogP contribution in [0.25, 0.3) is 10.8 Å². The summed E-state index contributed by atoms with van der Waals surface area (Å²) in [5, 5.41) is 7.21. The van der Waals surface area contributed by atoms with Crippen LogP contribution in [0.2, 0.25) is 0 Å². The van der Waals surface area contributed by atoms with E-state index in [1.807, 2.05) is 11.8 Å². The Morgan fingerprint density at radius 3 is 2.68 bits per heavy atom. The lowest BCUT2D eigenvalue weighted by molar-refractivity contribution is 0.419. The smallest absolute Gasteiger partial charge is 0.126 e. The number of nitrogens with one attached hydrogen (secondary N) is 1. The SMILES string of the molecule is COc1ccc(C2NCCC(C)S2)c2ccccc12. The number of hydrogen-bond donors (Lipinski definition) is 1. The average Bonchev–Trinajstić information content (AvgIpc) is 2.46. The standard InChI is InChI=1S/C16H19NOS/c1-11-9-10-17-16(19-11)14-7-8-15(18-2)13-6-4-3-5-12(13)14/h3-8,11,16-17H,9-10H2,1-2H3. The van der Waals surface area contributed by atoms with Crippen molar-refractivity contribution >= 4 is 22.5 Å². The number of thioether (sulfide) groups is 1. The molecule has 2 aromatic rings. The quantitative estimate of drug-likeness (QED) is 0.895. The maximum absolute atomic E-state index is 5.46. The molecule has 2 unspecified atom stereocenters. The monoisotopic (exact) mass is 273 g/mol. The summed E-state index contributed by atoms with van der Waals surface area (Å²) >= 11 is 2.02. The van der Waals surface area contributed by atoms with Gasteiger partial charge in [0.2, 0.25) is 0 Å². The molecule has 3 heteroatoms. The van der Waals surface area contributed by atoms with Crippen LogP contribution in [0.4, 0.5) is 0 Å². The van der Waals surface area contributed by atoms with E-state index in [1.54, 1.807) is 7.11 Å². The summed E-state index contributed by atoms with van der Waals surface area (Å²) in [6.07, 6.45) is 1.25. The molecule has 2 nitrogen and oxygen atoms in total. The highest BCUT2D eigenvalue weighted by atomic mass is 32.2. The van der Waals surface area contributed by atoms with Gasteiger partial charge in [-0.05, 0) is 30.0 Å². The molecule has 0 aromatic heterocycles. The highest BCUT2D eigenvalue weighted by molar-refractivity contribution is 8.00. The van der Waals surface area contributed by atoms with Crippen LogP contribution in [0.3, 0.4) is 0 Å². The van der Waals surface area contributed by atoms with E-state index in [4.69, 9.17) is 4.74 Å². The predicted molar refractivity (Wildman–Crippen MR) is 82.9 cm³/mol. The third kappa shape index (κ3) is 2.45. The molecule has 0 radical (unpaired) electrons. The minimum Gasteiger partial charge on any atom is -0.496 e. The van der Waals surface area contributed by atoms with Gasteiger partial charge < -0.3 is 10.1 Å². The van der Waals surface area contributed by atoms with Crippen LogP contribution in [-0.4, -0.2) is 18.9 Å². The fourth-order valence-electron chi connectivity index (χ4n) is 2.65. The Morgan fingerprint density at radius 1 is 1.16 bits per heavy atom.